The van der Waals surface area contributed by atoms with Gasteiger partial charge in [-0.1, -0.05) is 6.08 Å². The van der Waals surface area contributed by atoms with E-state index in [1.165, 1.54) is 0 Å². The molecule has 5 heteroatoms. The van der Waals surface area contributed by atoms with E-state index in [0.717, 1.165) is 0 Å². The molecule has 0 amide bonds. The summed E-state index contributed by atoms with van der Waals surface area (Å²) in [4.78, 5) is 11.5. The van der Waals surface area contributed by atoms with Crippen LogP contribution in [0, 0.1) is 5.41 Å². The lowest BCUT2D eigenvalue weighted by atomic mass is 9.91. The number of esters is 1. The zero-order valence-electron chi connectivity index (χ0n) is 9.52. The number of fused-ring (bicyclic) bond motifs is 3. The second-order valence-corrected chi connectivity index (χ2v) is 4.27. The van der Waals surface area contributed by atoms with Gasteiger partial charge in [-0.15, -0.1) is 0 Å². The molecule has 0 spiro atoms. The van der Waals surface area contributed by atoms with Gasteiger partial charge in [0.25, 0.3) is 6.48 Å². The third kappa shape index (κ3) is 2.26. The molecule has 0 aromatic rings. The largest absolute Gasteiger partial charge is 0.461 e. The number of allylic oxidation sites excluding steroid dienone is 1. The number of ether oxygens (including phenoxy) is 4. The first-order valence-corrected chi connectivity index (χ1v) is 5.30. The van der Waals surface area contributed by atoms with Crippen LogP contribution in [0.3, 0.4) is 0 Å². The van der Waals surface area contributed by atoms with Gasteiger partial charge in [0.2, 0.25) is 0 Å². The summed E-state index contributed by atoms with van der Waals surface area (Å²) in [5, 5.41) is 0. The van der Waals surface area contributed by atoms with E-state index in [1.54, 1.807) is 19.9 Å². The number of rotatable bonds is 3. The second-order valence-electron chi connectivity index (χ2n) is 4.27. The molecule has 0 radical (unpaired) electrons. The van der Waals surface area contributed by atoms with Crippen LogP contribution in [0.25, 0.3) is 0 Å². The van der Waals surface area contributed by atoms with E-state index in [1.807, 2.05) is 0 Å². The fourth-order valence-corrected chi connectivity index (χ4v) is 1.58. The van der Waals surface area contributed by atoms with Crippen molar-refractivity contribution in [1.82, 2.24) is 0 Å². The standard InChI is InChI=1S/C11H16O5/c1-3-8(2)9(12)13-4-11-5-14-10(15-6-11)16-7-11/h3,10H,4-7H2,1-2H3. The molecule has 0 saturated carbocycles. The van der Waals surface area contributed by atoms with Gasteiger partial charge in [0.15, 0.2) is 0 Å². The molecule has 5 nitrogen and oxygen atoms in total. The lowest BCUT2D eigenvalue weighted by molar-refractivity contribution is -0.397. The minimum atomic E-state index is -0.533. The fourth-order valence-electron chi connectivity index (χ4n) is 1.58. The molecule has 0 aromatic carbocycles. The van der Waals surface area contributed by atoms with Crippen LogP contribution >= 0.6 is 0 Å². The Morgan fingerprint density at radius 2 is 1.94 bits per heavy atom. The molecule has 0 aromatic heterocycles. The van der Waals surface area contributed by atoms with Crippen molar-refractivity contribution in [2.75, 3.05) is 26.4 Å². The van der Waals surface area contributed by atoms with Gasteiger partial charge in [-0.3, -0.25) is 0 Å². The van der Waals surface area contributed by atoms with E-state index >= 15 is 0 Å². The highest BCUT2D eigenvalue weighted by atomic mass is 16.9. The summed E-state index contributed by atoms with van der Waals surface area (Å²) in [6.45, 7) is 4.80. The first-order valence-electron chi connectivity index (χ1n) is 5.30. The summed E-state index contributed by atoms with van der Waals surface area (Å²) in [7, 11) is 0. The van der Waals surface area contributed by atoms with Crippen molar-refractivity contribution >= 4 is 5.97 Å². The van der Waals surface area contributed by atoms with Crippen molar-refractivity contribution in [3.8, 4) is 0 Å². The Labute approximate surface area is 94.3 Å². The van der Waals surface area contributed by atoms with Gasteiger partial charge >= 0.3 is 5.97 Å². The maximum atomic E-state index is 11.5. The molecule has 3 heterocycles. The third-order valence-corrected chi connectivity index (χ3v) is 2.84. The van der Waals surface area contributed by atoms with Crippen molar-refractivity contribution in [3.63, 3.8) is 0 Å². The van der Waals surface area contributed by atoms with Gasteiger partial charge in [-0.05, 0) is 13.8 Å². The van der Waals surface area contributed by atoms with Crippen LogP contribution < -0.4 is 0 Å². The van der Waals surface area contributed by atoms with E-state index in [9.17, 15) is 4.79 Å². The Morgan fingerprint density at radius 3 is 2.44 bits per heavy atom. The van der Waals surface area contributed by atoms with Crippen LogP contribution in [0.1, 0.15) is 13.8 Å². The molecule has 2 bridgehead atoms. The molecule has 3 rings (SSSR count). The van der Waals surface area contributed by atoms with Crippen LogP contribution in [0.4, 0.5) is 0 Å². The summed E-state index contributed by atoms with van der Waals surface area (Å²) in [6.07, 6.45) is 1.72. The maximum Gasteiger partial charge on any atom is 0.333 e. The smallest absolute Gasteiger partial charge is 0.333 e. The van der Waals surface area contributed by atoms with Crippen LogP contribution in [-0.4, -0.2) is 38.9 Å². The van der Waals surface area contributed by atoms with Gasteiger partial charge in [0.1, 0.15) is 6.61 Å². The van der Waals surface area contributed by atoms with Gasteiger partial charge < -0.3 is 18.9 Å². The summed E-state index contributed by atoms with van der Waals surface area (Å²) in [6, 6.07) is 0. The molecule has 3 saturated heterocycles. The maximum absolute atomic E-state index is 11.5. The highest BCUT2D eigenvalue weighted by Gasteiger charge is 2.44. The minimum absolute atomic E-state index is 0.268. The molecule has 0 atom stereocenters. The molecule has 90 valence electrons. The van der Waals surface area contributed by atoms with Gasteiger partial charge in [0.05, 0.1) is 25.2 Å². The van der Waals surface area contributed by atoms with E-state index in [-0.39, 0.29) is 18.0 Å². The molecule has 0 unspecified atom stereocenters. The van der Waals surface area contributed by atoms with Crippen LogP contribution in [0.5, 0.6) is 0 Å². The fraction of sp³-hybridized carbons (Fsp3) is 0.727. The monoisotopic (exact) mass is 228 g/mol. The van der Waals surface area contributed by atoms with E-state index in [2.05, 4.69) is 0 Å². The average molecular weight is 228 g/mol. The summed E-state index contributed by atoms with van der Waals surface area (Å²) >= 11 is 0. The number of carbonyl (C=O) groups excluding carboxylic acids is 1. The van der Waals surface area contributed by atoms with E-state index in [0.29, 0.717) is 25.4 Å². The first kappa shape index (κ1) is 11.6. The number of hydrogen-bond acceptors (Lipinski definition) is 5. The molecular weight excluding hydrogens is 212 g/mol. The van der Waals surface area contributed by atoms with Crippen LogP contribution in [-0.2, 0) is 23.7 Å². The predicted octanol–water partition coefficient (Wildman–Crippen LogP) is 0.843. The quantitative estimate of drug-likeness (QED) is 0.529. The zero-order valence-corrected chi connectivity index (χ0v) is 9.52. The second kappa shape index (κ2) is 4.53. The normalized spacial score (nSPS) is 33.9. The van der Waals surface area contributed by atoms with Crippen molar-refractivity contribution in [1.29, 1.82) is 0 Å². The first-order chi connectivity index (χ1) is 7.65. The molecule has 3 aliphatic heterocycles. The van der Waals surface area contributed by atoms with Gasteiger partial charge in [0, 0.05) is 5.57 Å². The van der Waals surface area contributed by atoms with E-state index < -0.39 is 6.48 Å². The summed E-state index contributed by atoms with van der Waals surface area (Å²) < 4.78 is 21.0. The summed E-state index contributed by atoms with van der Waals surface area (Å²) in [5.74, 6) is -0.301. The molecule has 0 N–H and O–H groups in total. The lowest BCUT2D eigenvalue weighted by Crippen LogP contribution is -2.54. The Hall–Kier alpha value is -0.910. The Bertz CT molecular complexity index is 288. The molecule has 3 fully saturated rings. The number of carbonyl (C=O) groups is 1. The van der Waals surface area contributed by atoms with Crippen LogP contribution in [0.15, 0.2) is 11.6 Å². The lowest BCUT2D eigenvalue weighted by Gasteiger charge is -2.44. The van der Waals surface area contributed by atoms with Crippen molar-refractivity contribution < 1.29 is 23.7 Å². The summed E-state index contributed by atoms with van der Waals surface area (Å²) in [5.41, 5.74) is 0.266. The zero-order chi connectivity index (χ0) is 11.6. The molecule has 16 heavy (non-hydrogen) atoms. The van der Waals surface area contributed by atoms with Crippen molar-refractivity contribution in [2.45, 2.75) is 20.3 Å². The average Bonchev–Trinajstić information content (AvgIpc) is 2.37. The molecule has 0 aliphatic carbocycles. The van der Waals surface area contributed by atoms with E-state index in [4.69, 9.17) is 18.9 Å². The Balaban J connectivity index is 1.87. The predicted molar refractivity (Wildman–Crippen MR) is 54.5 cm³/mol. The SMILES string of the molecule is CC=C(C)C(=O)OCC12COC(OC1)OC2. The van der Waals surface area contributed by atoms with Gasteiger partial charge in [-0.2, -0.15) is 0 Å². The number of hydrogen-bond donors (Lipinski definition) is 0. The van der Waals surface area contributed by atoms with Crippen LogP contribution in [0.2, 0.25) is 0 Å². The third-order valence-electron chi connectivity index (χ3n) is 2.84. The topological polar surface area (TPSA) is 54.0 Å². The van der Waals surface area contributed by atoms with Crippen molar-refractivity contribution in [2.24, 2.45) is 5.41 Å². The highest BCUT2D eigenvalue weighted by Crippen LogP contribution is 2.32. The molecule has 3 aliphatic rings. The minimum Gasteiger partial charge on any atom is -0.461 e. The van der Waals surface area contributed by atoms with Crippen molar-refractivity contribution in [3.05, 3.63) is 11.6 Å². The Morgan fingerprint density at radius 1 is 1.38 bits per heavy atom. The molecular formula is C11H16O5. The van der Waals surface area contributed by atoms with Gasteiger partial charge in [-0.25, -0.2) is 4.79 Å². The highest BCUT2D eigenvalue weighted by molar-refractivity contribution is 5.87. The Kier molecular flexibility index (Phi) is 3.28.